The Morgan fingerprint density at radius 3 is 2.65 bits per heavy atom. The van der Waals surface area contributed by atoms with E-state index in [-0.39, 0.29) is 36.3 Å². The van der Waals surface area contributed by atoms with Gasteiger partial charge in [-0.3, -0.25) is 4.90 Å². The van der Waals surface area contributed by atoms with Crippen molar-refractivity contribution in [1.82, 2.24) is 19.4 Å². The summed E-state index contributed by atoms with van der Waals surface area (Å²) in [5, 5.41) is 0. The molecule has 9 nitrogen and oxygen atoms in total. The van der Waals surface area contributed by atoms with E-state index in [1.807, 2.05) is 24.3 Å². The van der Waals surface area contributed by atoms with Gasteiger partial charge in [0.15, 0.2) is 5.69 Å². The summed E-state index contributed by atoms with van der Waals surface area (Å²) in [5.74, 6) is 0.892. The highest BCUT2D eigenvalue weighted by atomic mass is 19.1. The van der Waals surface area contributed by atoms with E-state index in [1.165, 1.54) is 13.2 Å². The number of piperidine rings is 1. The maximum atomic E-state index is 14.3. The SMILES string of the molecule is [C-]#[N+]c1ccc(COc2cccc(C3CCN(C(C)c4nc5ccc(C(=O)OC)cc5n4C[C@@H]4CCO4)CC3)n2)c(F)c1. The highest BCUT2D eigenvalue weighted by Crippen LogP contribution is 2.34. The third-order valence-corrected chi connectivity index (χ3v) is 8.53. The number of halogens is 1. The highest BCUT2D eigenvalue weighted by molar-refractivity contribution is 5.93. The summed E-state index contributed by atoms with van der Waals surface area (Å²) in [5.41, 5.74) is 3.90. The maximum absolute atomic E-state index is 14.3. The van der Waals surface area contributed by atoms with Gasteiger partial charge in [-0.25, -0.2) is 24.0 Å². The predicted molar refractivity (Wildman–Crippen MR) is 159 cm³/mol. The molecule has 2 aliphatic rings. The second-order valence-corrected chi connectivity index (χ2v) is 11.1. The first kappa shape index (κ1) is 28.8. The second kappa shape index (κ2) is 12.5. The Hall–Kier alpha value is -4.33. The van der Waals surface area contributed by atoms with Gasteiger partial charge in [-0.05, 0) is 69.6 Å². The first-order valence-electron chi connectivity index (χ1n) is 14.6. The van der Waals surface area contributed by atoms with E-state index in [2.05, 4.69) is 21.2 Å². The molecule has 2 aromatic heterocycles. The van der Waals surface area contributed by atoms with Crippen molar-refractivity contribution >= 4 is 22.7 Å². The van der Waals surface area contributed by atoms with Crippen LogP contribution in [0.4, 0.5) is 10.1 Å². The Morgan fingerprint density at radius 1 is 1.14 bits per heavy atom. The van der Waals surface area contributed by atoms with Crippen molar-refractivity contribution in [1.29, 1.82) is 0 Å². The third kappa shape index (κ3) is 6.10. The molecule has 2 fully saturated rings. The largest absolute Gasteiger partial charge is 0.473 e. The van der Waals surface area contributed by atoms with Crippen LogP contribution in [0.15, 0.2) is 54.6 Å². The maximum Gasteiger partial charge on any atom is 0.337 e. The molecule has 222 valence electrons. The number of pyridine rings is 1. The fourth-order valence-electron chi connectivity index (χ4n) is 5.89. The molecule has 10 heteroatoms. The van der Waals surface area contributed by atoms with Crippen LogP contribution >= 0.6 is 0 Å². The smallest absolute Gasteiger partial charge is 0.337 e. The van der Waals surface area contributed by atoms with Gasteiger partial charge in [0.2, 0.25) is 5.88 Å². The zero-order valence-corrected chi connectivity index (χ0v) is 24.3. The number of nitrogens with zero attached hydrogens (tertiary/aromatic N) is 5. The summed E-state index contributed by atoms with van der Waals surface area (Å²) in [6, 6.07) is 15.7. The van der Waals surface area contributed by atoms with Crippen LogP contribution in [-0.2, 0) is 22.6 Å². The average Bonchev–Trinajstić information content (AvgIpc) is 3.39. The summed E-state index contributed by atoms with van der Waals surface area (Å²) in [4.78, 5) is 27.7. The van der Waals surface area contributed by atoms with Crippen molar-refractivity contribution in [3.05, 3.63) is 94.5 Å². The zero-order valence-electron chi connectivity index (χ0n) is 24.3. The molecule has 1 unspecified atom stereocenters. The van der Waals surface area contributed by atoms with Crippen LogP contribution in [0.25, 0.3) is 15.9 Å². The average molecular weight is 584 g/mol. The molecule has 0 amide bonds. The molecule has 0 aliphatic carbocycles. The minimum atomic E-state index is -0.455. The number of fused-ring (bicyclic) bond motifs is 1. The molecule has 2 atom stereocenters. The van der Waals surface area contributed by atoms with Gasteiger partial charge in [-0.2, -0.15) is 0 Å². The van der Waals surface area contributed by atoms with Crippen molar-refractivity contribution in [3.63, 3.8) is 0 Å². The number of methoxy groups -OCH3 is 1. The Kier molecular flexibility index (Phi) is 8.36. The van der Waals surface area contributed by atoms with E-state index in [0.717, 1.165) is 61.5 Å². The normalized spacial score (nSPS) is 18.1. The zero-order chi connectivity index (χ0) is 29.9. The van der Waals surface area contributed by atoms with E-state index in [0.29, 0.717) is 23.6 Å². The van der Waals surface area contributed by atoms with E-state index >= 15 is 0 Å². The molecule has 0 saturated carbocycles. The van der Waals surface area contributed by atoms with E-state index in [4.69, 9.17) is 30.8 Å². The van der Waals surface area contributed by atoms with Crippen LogP contribution in [0, 0.1) is 12.4 Å². The Balaban J connectivity index is 1.13. The van der Waals surface area contributed by atoms with Crippen LogP contribution in [0.5, 0.6) is 5.88 Å². The van der Waals surface area contributed by atoms with Crippen molar-refractivity contribution < 1.29 is 23.4 Å². The fourth-order valence-corrected chi connectivity index (χ4v) is 5.89. The molecular weight excluding hydrogens is 549 g/mol. The Morgan fingerprint density at radius 2 is 1.95 bits per heavy atom. The number of likely N-dealkylation sites (tertiary alicyclic amines) is 1. The lowest BCUT2D eigenvalue weighted by Crippen LogP contribution is -2.37. The standard InChI is InChI=1S/C33H34FN5O4/c1-21(32-37-29-10-8-23(33(40)41-3)17-30(29)39(32)19-26-13-16-42-26)38-14-11-22(12-15-38)28-5-4-6-31(36-28)43-20-24-7-9-25(35-2)18-27(24)34/h4-10,17-18,21-22,26H,11-16,19-20H2,1,3H3/t21?,26-/m0/s1. The topological polar surface area (TPSA) is 83.1 Å². The number of ether oxygens (including phenoxy) is 3. The first-order valence-corrected chi connectivity index (χ1v) is 14.6. The minimum absolute atomic E-state index is 0.0462. The molecule has 0 N–H and O–H groups in total. The molecule has 43 heavy (non-hydrogen) atoms. The van der Waals surface area contributed by atoms with Gasteiger partial charge in [0.1, 0.15) is 18.2 Å². The molecule has 6 rings (SSSR count). The van der Waals surface area contributed by atoms with Crippen molar-refractivity contribution in [2.75, 3.05) is 26.8 Å². The molecule has 2 saturated heterocycles. The van der Waals surface area contributed by atoms with Crippen LogP contribution in [0.1, 0.15) is 65.6 Å². The number of benzene rings is 2. The second-order valence-electron chi connectivity index (χ2n) is 11.1. The number of imidazole rings is 1. The van der Waals surface area contributed by atoms with Crippen molar-refractivity contribution in [2.24, 2.45) is 0 Å². The lowest BCUT2D eigenvalue weighted by Gasteiger charge is -2.36. The van der Waals surface area contributed by atoms with Crippen LogP contribution < -0.4 is 4.74 Å². The molecule has 2 aliphatic heterocycles. The number of hydrogen-bond donors (Lipinski definition) is 0. The van der Waals surface area contributed by atoms with Gasteiger partial charge in [-0.15, -0.1) is 0 Å². The number of carbonyl (C=O) groups excluding carboxylic acids is 1. The number of esters is 1. The fraction of sp³-hybridized carbons (Fsp3) is 0.394. The lowest BCUT2D eigenvalue weighted by molar-refractivity contribution is -0.0594. The molecular formula is C33H34FN5O4. The van der Waals surface area contributed by atoms with Gasteiger partial charge in [0.05, 0.1) is 49.0 Å². The van der Waals surface area contributed by atoms with E-state index in [9.17, 15) is 9.18 Å². The van der Waals surface area contributed by atoms with Gasteiger partial charge in [0.25, 0.3) is 0 Å². The number of aromatic nitrogens is 3. The molecule has 4 heterocycles. The van der Waals surface area contributed by atoms with Crippen LogP contribution in [-0.4, -0.2) is 58.3 Å². The summed E-state index contributed by atoms with van der Waals surface area (Å²) < 4.78 is 33.0. The van der Waals surface area contributed by atoms with Gasteiger partial charge >= 0.3 is 5.97 Å². The summed E-state index contributed by atoms with van der Waals surface area (Å²) in [6.45, 7) is 12.5. The number of hydrogen-bond acceptors (Lipinski definition) is 7. The quantitative estimate of drug-likeness (QED) is 0.171. The molecule has 0 bridgehead atoms. The highest BCUT2D eigenvalue weighted by Gasteiger charge is 2.30. The van der Waals surface area contributed by atoms with Gasteiger partial charge < -0.3 is 18.8 Å². The molecule has 4 aromatic rings. The Labute approximate surface area is 250 Å². The van der Waals surface area contributed by atoms with E-state index in [1.54, 1.807) is 24.3 Å². The third-order valence-electron chi connectivity index (χ3n) is 8.53. The van der Waals surface area contributed by atoms with Gasteiger partial charge in [-0.1, -0.05) is 18.2 Å². The van der Waals surface area contributed by atoms with Crippen LogP contribution in [0.3, 0.4) is 0 Å². The van der Waals surface area contributed by atoms with Crippen molar-refractivity contribution in [3.8, 4) is 5.88 Å². The Bertz CT molecular complexity index is 1670. The number of carbonyl (C=O) groups is 1. The molecule has 2 aromatic carbocycles. The monoisotopic (exact) mass is 583 g/mol. The van der Waals surface area contributed by atoms with E-state index < -0.39 is 5.82 Å². The summed E-state index contributed by atoms with van der Waals surface area (Å²) >= 11 is 0. The molecule has 0 spiro atoms. The van der Waals surface area contributed by atoms with Crippen molar-refractivity contribution in [2.45, 2.75) is 57.4 Å². The minimum Gasteiger partial charge on any atom is -0.473 e. The number of rotatable bonds is 9. The van der Waals surface area contributed by atoms with Gasteiger partial charge in [0, 0.05) is 29.8 Å². The summed E-state index contributed by atoms with van der Waals surface area (Å²) in [7, 11) is 1.39. The first-order chi connectivity index (χ1) is 20.9. The summed E-state index contributed by atoms with van der Waals surface area (Å²) in [6.07, 6.45) is 3.03. The predicted octanol–water partition coefficient (Wildman–Crippen LogP) is 6.22. The van der Waals surface area contributed by atoms with Crippen LogP contribution in [0.2, 0.25) is 0 Å². The molecule has 0 radical (unpaired) electrons. The lowest BCUT2D eigenvalue weighted by atomic mass is 9.92.